The van der Waals surface area contributed by atoms with Crippen LogP contribution in [0.4, 0.5) is 5.13 Å². The fraction of sp³-hybridized carbons (Fsp3) is 0.294. The molecule has 1 atom stereocenters. The predicted octanol–water partition coefficient (Wildman–Crippen LogP) is 8.39. The zero-order chi connectivity index (χ0) is 31.9. The van der Waals surface area contributed by atoms with Gasteiger partial charge in [0, 0.05) is 16.3 Å². The maximum Gasteiger partial charge on any atom is 0.301 e. The molecule has 3 aromatic carbocycles. The number of aliphatic hydroxyl groups excluding tert-OH is 1. The van der Waals surface area contributed by atoms with Crippen molar-refractivity contribution in [2.75, 3.05) is 18.1 Å². The Balaban J connectivity index is 1.55. The Kier molecular flexibility index (Phi) is 10.8. The number of carbonyl (C=O) groups is 2. The smallest absolute Gasteiger partial charge is 0.301 e. The lowest BCUT2D eigenvalue weighted by molar-refractivity contribution is -0.132. The number of Topliss-reactive ketones (excluding diaryl/α,β-unsaturated/α-hetero) is 1. The molecular formula is C34H34ClN3O5S2. The highest BCUT2D eigenvalue weighted by molar-refractivity contribution is 8.00. The summed E-state index contributed by atoms with van der Waals surface area (Å²) in [6.07, 6.45) is 3.04. The molecule has 8 nitrogen and oxygen atoms in total. The first kappa shape index (κ1) is 32.5. The molecule has 0 radical (unpaired) electrons. The second kappa shape index (κ2) is 14.9. The molecule has 234 valence electrons. The lowest BCUT2D eigenvalue weighted by Gasteiger charge is -2.23. The Labute approximate surface area is 276 Å². The first-order valence-electron chi connectivity index (χ1n) is 14.8. The molecule has 11 heteroatoms. The minimum absolute atomic E-state index is 0.0385. The molecular weight excluding hydrogens is 630 g/mol. The summed E-state index contributed by atoms with van der Waals surface area (Å²) in [6, 6.07) is 19.0. The molecule has 0 bridgehead atoms. The number of unbranched alkanes of at least 4 members (excludes halogenated alkanes) is 2. The van der Waals surface area contributed by atoms with Crippen molar-refractivity contribution in [2.24, 2.45) is 0 Å². The topological polar surface area (TPSA) is 102 Å². The quantitative estimate of drug-likeness (QED) is 0.0380. The number of hydrogen-bond acceptors (Lipinski definition) is 9. The highest BCUT2D eigenvalue weighted by Gasteiger charge is 2.48. The maximum absolute atomic E-state index is 13.7. The zero-order valence-electron chi connectivity index (χ0n) is 25.3. The van der Waals surface area contributed by atoms with E-state index in [1.54, 1.807) is 30.3 Å². The molecule has 0 spiro atoms. The van der Waals surface area contributed by atoms with Gasteiger partial charge in [-0.3, -0.25) is 14.5 Å². The largest absolute Gasteiger partial charge is 0.507 e. The average Bonchev–Trinajstić information content (AvgIpc) is 3.61. The van der Waals surface area contributed by atoms with Crippen LogP contribution >= 0.6 is 34.7 Å². The van der Waals surface area contributed by atoms with Gasteiger partial charge in [0.05, 0.1) is 24.8 Å². The maximum atomic E-state index is 13.7. The Hall–Kier alpha value is -3.86. The summed E-state index contributed by atoms with van der Waals surface area (Å²) in [7, 11) is 0. The number of ether oxygens (including phenoxy) is 2. The molecule has 1 saturated heterocycles. The molecule has 4 aromatic rings. The molecule has 1 aromatic heterocycles. The average molecular weight is 664 g/mol. The second-order valence-electron chi connectivity index (χ2n) is 10.5. The van der Waals surface area contributed by atoms with Crippen LogP contribution in [0.25, 0.3) is 5.76 Å². The highest BCUT2D eigenvalue weighted by atomic mass is 35.5. The van der Waals surface area contributed by atoms with E-state index in [0.717, 1.165) is 30.4 Å². The summed E-state index contributed by atoms with van der Waals surface area (Å²) < 4.78 is 12.6. The Morgan fingerprint density at radius 3 is 2.51 bits per heavy atom. The first-order chi connectivity index (χ1) is 21.8. The summed E-state index contributed by atoms with van der Waals surface area (Å²) in [5.74, 6) is -0.262. The molecule has 1 aliphatic rings. The minimum atomic E-state index is -0.978. The third-order valence-corrected chi connectivity index (χ3v) is 9.74. The highest BCUT2D eigenvalue weighted by Crippen LogP contribution is 2.46. The van der Waals surface area contributed by atoms with Crippen LogP contribution in [0.5, 0.6) is 11.5 Å². The van der Waals surface area contributed by atoms with Crippen LogP contribution in [-0.2, 0) is 15.3 Å². The van der Waals surface area contributed by atoms with Gasteiger partial charge in [-0.2, -0.15) is 0 Å². The van der Waals surface area contributed by atoms with Crippen molar-refractivity contribution in [1.82, 2.24) is 10.2 Å². The summed E-state index contributed by atoms with van der Waals surface area (Å²) in [5.41, 5.74) is 2.89. The number of halogens is 1. The van der Waals surface area contributed by atoms with Gasteiger partial charge in [0.1, 0.15) is 5.76 Å². The van der Waals surface area contributed by atoms with Gasteiger partial charge in [-0.25, -0.2) is 0 Å². The van der Waals surface area contributed by atoms with E-state index >= 15 is 0 Å². The molecule has 0 aliphatic carbocycles. The molecule has 0 saturated carbocycles. The molecule has 2 heterocycles. The van der Waals surface area contributed by atoms with Crippen LogP contribution in [0.3, 0.4) is 0 Å². The number of thioether (sulfide) groups is 1. The fourth-order valence-electron chi connectivity index (χ4n) is 4.94. The van der Waals surface area contributed by atoms with Crippen molar-refractivity contribution < 1.29 is 24.2 Å². The number of ketones is 1. The van der Waals surface area contributed by atoms with Crippen LogP contribution in [0, 0.1) is 6.92 Å². The number of aromatic nitrogens is 2. The molecule has 1 aliphatic heterocycles. The van der Waals surface area contributed by atoms with E-state index in [2.05, 4.69) is 17.1 Å². The molecule has 1 unspecified atom stereocenters. The fourth-order valence-corrected chi connectivity index (χ4v) is 7.10. The van der Waals surface area contributed by atoms with Crippen LogP contribution in [0.2, 0.25) is 5.02 Å². The van der Waals surface area contributed by atoms with E-state index in [1.807, 2.05) is 50.2 Å². The minimum Gasteiger partial charge on any atom is -0.507 e. The van der Waals surface area contributed by atoms with Crippen molar-refractivity contribution in [3.05, 3.63) is 99.6 Å². The number of aryl methyl sites for hydroxylation is 1. The van der Waals surface area contributed by atoms with E-state index < -0.39 is 17.7 Å². The van der Waals surface area contributed by atoms with E-state index in [9.17, 15) is 14.7 Å². The summed E-state index contributed by atoms with van der Waals surface area (Å²) in [6.45, 7) is 6.87. The Morgan fingerprint density at radius 2 is 1.78 bits per heavy atom. The van der Waals surface area contributed by atoms with Gasteiger partial charge in [0.25, 0.3) is 5.78 Å². The molecule has 5 rings (SSSR count). The van der Waals surface area contributed by atoms with Crippen molar-refractivity contribution in [2.45, 2.75) is 56.2 Å². The number of aliphatic hydroxyl groups is 1. The Morgan fingerprint density at radius 1 is 1.00 bits per heavy atom. The zero-order valence-corrected chi connectivity index (χ0v) is 27.7. The van der Waals surface area contributed by atoms with Gasteiger partial charge in [-0.05, 0) is 49.6 Å². The van der Waals surface area contributed by atoms with Crippen LogP contribution in [0.1, 0.15) is 61.4 Å². The van der Waals surface area contributed by atoms with Crippen molar-refractivity contribution >= 4 is 57.3 Å². The summed E-state index contributed by atoms with van der Waals surface area (Å²) in [4.78, 5) is 28.7. The van der Waals surface area contributed by atoms with E-state index in [4.69, 9.17) is 21.1 Å². The molecule has 1 fully saturated rings. The van der Waals surface area contributed by atoms with Crippen molar-refractivity contribution in [3.8, 4) is 11.5 Å². The van der Waals surface area contributed by atoms with Gasteiger partial charge in [0.15, 0.2) is 15.8 Å². The van der Waals surface area contributed by atoms with Crippen molar-refractivity contribution in [3.63, 3.8) is 0 Å². The van der Waals surface area contributed by atoms with Gasteiger partial charge < -0.3 is 14.6 Å². The normalized spacial score (nSPS) is 15.9. The number of carbonyl (C=O) groups excluding carboxylic acids is 2. The van der Waals surface area contributed by atoms with Gasteiger partial charge in [-0.15, -0.1) is 10.2 Å². The van der Waals surface area contributed by atoms with Gasteiger partial charge in [-0.1, -0.05) is 109 Å². The summed E-state index contributed by atoms with van der Waals surface area (Å²) in [5, 5.41) is 21.0. The summed E-state index contributed by atoms with van der Waals surface area (Å²) >= 11 is 8.96. The lowest BCUT2D eigenvalue weighted by atomic mass is 9.95. The van der Waals surface area contributed by atoms with Gasteiger partial charge in [0.2, 0.25) is 5.13 Å². The van der Waals surface area contributed by atoms with Gasteiger partial charge >= 0.3 is 5.91 Å². The monoisotopic (exact) mass is 663 g/mol. The number of nitrogens with zero attached hydrogens (tertiary/aromatic N) is 3. The SMILES string of the molecule is CCCCCOc1ccc(C2C(=C(O)c3ccc(C)cc3)C(=O)C(=O)N2c2nnc(SCc3ccccc3Cl)s2)cc1OCC. The van der Waals surface area contributed by atoms with Crippen molar-refractivity contribution in [1.29, 1.82) is 0 Å². The number of anilines is 1. The lowest BCUT2D eigenvalue weighted by Crippen LogP contribution is -2.29. The predicted molar refractivity (Wildman–Crippen MR) is 180 cm³/mol. The van der Waals surface area contributed by atoms with E-state index in [0.29, 0.717) is 51.0 Å². The number of amides is 1. The Bertz CT molecular complexity index is 1710. The van der Waals surface area contributed by atoms with Crippen LogP contribution < -0.4 is 14.4 Å². The van der Waals surface area contributed by atoms with E-state index in [1.165, 1.54) is 28.0 Å². The number of rotatable bonds is 13. The molecule has 1 amide bonds. The van der Waals surface area contributed by atoms with E-state index in [-0.39, 0.29) is 16.5 Å². The van der Waals surface area contributed by atoms with Crippen LogP contribution in [-0.4, -0.2) is 40.2 Å². The first-order valence-corrected chi connectivity index (χ1v) is 17.0. The second-order valence-corrected chi connectivity index (χ2v) is 13.0. The number of benzene rings is 3. The number of hydrogen-bond donors (Lipinski definition) is 1. The third kappa shape index (κ3) is 7.35. The van der Waals surface area contributed by atoms with Crippen LogP contribution in [0.15, 0.2) is 76.6 Å². The third-order valence-electron chi connectivity index (χ3n) is 7.27. The standard InChI is InChI=1S/C34H34ClN3O5S2/c1-4-6-9-18-43-26-17-16-23(19-27(26)42-5-2)29-28(30(39)22-14-12-21(3)13-15-22)31(40)32(41)38(29)33-36-37-34(45-33)44-20-24-10-7-8-11-25(24)35/h7-8,10-17,19,29,39H,4-6,9,18,20H2,1-3H3. The molecule has 45 heavy (non-hydrogen) atoms. The molecule has 1 N–H and O–H groups in total.